The summed E-state index contributed by atoms with van der Waals surface area (Å²) < 4.78 is 0. The van der Waals surface area contributed by atoms with Crippen LogP contribution in [0.25, 0.3) is 0 Å². The highest BCUT2D eigenvalue weighted by Crippen LogP contribution is 2.29. The Balaban J connectivity index is 1.77. The monoisotopic (exact) mass is 387 g/mol. The molecular weight excluding hydrogens is 362 g/mol. The Morgan fingerprint density at radius 2 is 1.59 bits per heavy atom. The van der Waals surface area contributed by atoms with Crippen molar-refractivity contribution in [1.82, 2.24) is 4.98 Å². The zero-order chi connectivity index (χ0) is 21.0. The number of rotatable bonds is 5. The van der Waals surface area contributed by atoms with Crippen molar-refractivity contribution in [1.29, 1.82) is 0 Å². The van der Waals surface area contributed by atoms with E-state index < -0.39 is 0 Å². The fourth-order valence-electron chi connectivity index (χ4n) is 3.02. The Labute approximate surface area is 171 Å². The van der Waals surface area contributed by atoms with Crippen molar-refractivity contribution >= 4 is 28.9 Å². The molecule has 0 aliphatic carbocycles. The van der Waals surface area contributed by atoms with Crippen LogP contribution < -0.4 is 10.6 Å². The predicted octanol–water partition coefficient (Wildman–Crippen LogP) is 5.58. The average molecular weight is 387 g/mol. The number of carbonyl (C=O) groups is 2. The van der Waals surface area contributed by atoms with E-state index in [0.717, 1.165) is 16.9 Å². The third-order valence-electron chi connectivity index (χ3n) is 4.57. The van der Waals surface area contributed by atoms with Gasteiger partial charge in [-0.15, -0.1) is 0 Å². The Morgan fingerprint density at radius 3 is 2.24 bits per heavy atom. The van der Waals surface area contributed by atoms with E-state index in [4.69, 9.17) is 0 Å². The number of anilines is 3. The van der Waals surface area contributed by atoms with Gasteiger partial charge in [-0.05, 0) is 60.4 Å². The highest BCUT2D eigenvalue weighted by Gasteiger charge is 2.19. The van der Waals surface area contributed by atoms with E-state index in [9.17, 15) is 9.59 Å². The molecule has 2 N–H and O–H groups in total. The summed E-state index contributed by atoms with van der Waals surface area (Å²) in [6, 6.07) is 18.3. The lowest BCUT2D eigenvalue weighted by Crippen LogP contribution is -2.18. The summed E-state index contributed by atoms with van der Waals surface area (Å²) in [6.07, 6.45) is 1.59. The fourth-order valence-corrected chi connectivity index (χ4v) is 3.02. The van der Waals surface area contributed by atoms with Gasteiger partial charge in [0.2, 0.25) is 0 Å². The molecule has 1 heterocycles. The molecular formula is C24H25N3O2. The number of pyridine rings is 1. The Hall–Kier alpha value is -3.47. The second kappa shape index (κ2) is 8.27. The maximum absolute atomic E-state index is 12.8. The average Bonchev–Trinajstić information content (AvgIpc) is 2.68. The molecule has 0 radical (unpaired) electrons. The molecule has 0 saturated carbocycles. The molecule has 3 aromatic rings. The highest BCUT2D eigenvalue weighted by atomic mass is 16.1. The van der Waals surface area contributed by atoms with Gasteiger partial charge >= 0.3 is 0 Å². The van der Waals surface area contributed by atoms with Crippen molar-refractivity contribution < 1.29 is 9.59 Å². The van der Waals surface area contributed by atoms with Gasteiger partial charge in [-0.25, -0.2) is 4.98 Å². The number of Topliss-reactive ketones (excluding diaryl/α,β-unsaturated/α-hetero) is 1. The molecule has 148 valence electrons. The number of hydrogen-bond acceptors (Lipinski definition) is 4. The summed E-state index contributed by atoms with van der Waals surface area (Å²) >= 11 is 0. The second-order valence-electron chi connectivity index (χ2n) is 7.94. The maximum atomic E-state index is 12.8. The number of hydrogen-bond donors (Lipinski definition) is 2. The first-order valence-corrected chi connectivity index (χ1v) is 9.49. The number of para-hydroxylation sites is 1. The van der Waals surface area contributed by atoms with Crippen molar-refractivity contribution in [3.05, 3.63) is 83.6 Å². The van der Waals surface area contributed by atoms with Crippen LogP contribution in [0.4, 0.5) is 17.2 Å². The summed E-state index contributed by atoms with van der Waals surface area (Å²) in [7, 11) is 0. The SMILES string of the molecule is CC(=O)c1ccc(Nc2cc(C(=O)Nc3ccccc3C(C)(C)C)ccn2)cc1. The van der Waals surface area contributed by atoms with Crippen LogP contribution in [-0.4, -0.2) is 16.7 Å². The van der Waals surface area contributed by atoms with Gasteiger partial charge < -0.3 is 10.6 Å². The first kappa shape index (κ1) is 20.3. The van der Waals surface area contributed by atoms with Gasteiger partial charge in [0.05, 0.1) is 0 Å². The van der Waals surface area contributed by atoms with E-state index >= 15 is 0 Å². The first-order valence-electron chi connectivity index (χ1n) is 9.49. The minimum atomic E-state index is -0.195. The standard InChI is InChI=1S/C24H25N3O2/c1-16(28)17-9-11-19(12-10-17)26-22-15-18(13-14-25-22)23(29)27-21-8-6-5-7-20(21)24(2,3)4/h5-15H,1-4H3,(H,25,26)(H,27,29). The van der Waals surface area contributed by atoms with Gasteiger partial charge in [0.25, 0.3) is 5.91 Å². The number of aromatic nitrogens is 1. The minimum Gasteiger partial charge on any atom is -0.340 e. The lowest BCUT2D eigenvalue weighted by molar-refractivity contribution is 0.101. The van der Waals surface area contributed by atoms with Crippen LogP contribution in [0.15, 0.2) is 66.9 Å². The van der Waals surface area contributed by atoms with Crippen LogP contribution in [0.5, 0.6) is 0 Å². The zero-order valence-corrected chi connectivity index (χ0v) is 17.1. The maximum Gasteiger partial charge on any atom is 0.255 e. The summed E-state index contributed by atoms with van der Waals surface area (Å²) in [6.45, 7) is 7.88. The predicted molar refractivity (Wildman–Crippen MR) is 117 cm³/mol. The Bertz CT molecular complexity index is 1030. The summed E-state index contributed by atoms with van der Waals surface area (Å²) in [4.78, 5) is 28.5. The Morgan fingerprint density at radius 1 is 0.897 bits per heavy atom. The lowest BCUT2D eigenvalue weighted by atomic mass is 9.86. The molecule has 3 rings (SSSR count). The van der Waals surface area contributed by atoms with E-state index in [1.165, 1.54) is 6.92 Å². The molecule has 29 heavy (non-hydrogen) atoms. The fraction of sp³-hybridized carbons (Fsp3) is 0.208. The van der Waals surface area contributed by atoms with Gasteiger partial charge in [0.1, 0.15) is 5.82 Å². The molecule has 0 atom stereocenters. The smallest absolute Gasteiger partial charge is 0.255 e. The van der Waals surface area contributed by atoms with Crippen molar-refractivity contribution in [3.63, 3.8) is 0 Å². The van der Waals surface area contributed by atoms with Crippen molar-refractivity contribution in [2.24, 2.45) is 0 Å². The zero-order valence-electron chi connectivity index (χ0n) is 17.1. The normalized spacial score (nSPS) is 11.0. The van der Waals surface area contributed by atoms with Crippen LogP contribution in [0.3, 0.4) is 0 Å². The molecule has 0 saturated heterocycles. The van der Waals surface area contributed by atoms with Gasteiger partial charge in [0.15, 0.2) is 5.78 Å². The molecule has 2 aromatic carbocycles. The second-order valence-corrected chi connectivity index (χ2v) is 7.94. The largest absolute Gasteiger partial charge is 0.340 e. The van der Waals surface area contributed by atoms with Crippen LogP contribution >= 0.6 is 0 Å². The van der Waals surface area contributed by atoms with Crippen molar-refractivity contribution in [2.75, 3.05) is 10.6 Å². The molecule has 0 aliphatic rings. The van der Waals surface area contributed by atoms with E-state index in [1.807, 2.05) is 36.4 Å². The third kappa shape index (κ3) is 5.08. The van der Waals surface area contributed by atoms with Crippen LogP contribution in [0, 0.1) is 0 Å². The van der Waals surface area contributed by atoms with Crippen LogP contribution in [-0.2, 0) is 5.41 Å². The van der Waals surface area contributed by atoms with Gasteiger partial charge in [0, 0.05) is 28.7 Å². The number of nitrogens with zero attached hydrogens (tertiary/aromatic N) is 1. The third-order valence-corrected chi connectivity index (χ3v) is 4.57. The topological polar surface area (TPSA) is 71.1 Å². The first-order chi connectivity index (χ1) is 13.7. The van der Waals surface area contributed by atoms with Gasteiger partial charge in [-0.2, -0.15) is 0 Å². The molecule has 0 aliphatic heterocycles. The van der Waals surface area contributed by atoms with Crippen molar-refractivity contribution in [3.8, 4) is 0 Å². The molecule has 0 unspecified atom stereocenters. The highest BCUT2D eigenvalue weighted by molar-refractivity contribution is 6.05. The van der Waals surface area contributed by atoms with Gasteiger partial charge in [-0.3, -0.25) is 9.59 Å². The van der Waals surface area contributed by atoms with E-state index in [-0.39, 0.29) is 17.1 Å². The number of amides is 1. The molecule has 0 fully saturated rings. The molecule has 5 heteroatoms. The summed E-state index contributed by atoms with van der Waals surface area (Å²) in [5.41, 5.74) is 3.74. The summed E-state index contributed by atoms with van der Waals surface area (Å²) in [5, 5.41) is 6.17. The lowest BCUT2D eigenvalue weighted by Gasteiger charge is -2.23. The Kier molecular flexibility index (Phi) is 5.78. The van der Waals surface area contributed by atoms with E-state index in [2.05, 4.69) is 36.4 Å². The molecule has 0 spiro atoms. The van der Waals surface area contributed by atoms with E-state index in [1.54, 1.807) is 30.5 Å². The molecule has 0 bridgehead atoms. The van der Waals surface area contributed by atoms with Crippen LogP contribution in [0.2, 0.25) is 0 Å². The number of benzene rings is 2. The van der Waals surface area contributed by atoms with Gasteiger partial charge in [-0.1, -0.05) is 39.0 Å². The molecule has 5 nitrogen and oxygen atoms in total. The minimum absolute atomic E-state index is 0.0175. The van der Waals surface area contributed by atoms with Crippen LogP contribution in [0.1, 0.15) is 54.0 Å². The van der Waals surface area contributed by atoms with Crippen molar-refractivity contribution in [2.45, 2.75) is 33.1 Å². The molecule has 1 amide bonds. The molecule has 1 aromatic heterocycles. The number of nitrogens with one attached hydrogen (secondary N) is 2. The summed E-state index contributed by atoms with van der Waals surface area (Å²) in [5.74, 6) is 0.375. The number of ketones is 1. The quantitative estimate of drug-likeness (QED) is 0.561. The van der Waals surface area contributed by atoms with E-state index in [0.29, 0.717) is 16.9 Å². The number of carbonyl (C=O) groups excluding carboxylic acids is 2.